The third kappa shape index (κ3) is 5.93. The molecule has 0 bridgehead atoms. The van der Waals surface area contributed by atoms with E-state index in [9.17, 15) is 19.2 Å². The Hall–Kier alpha value is -4.41. The largest absolute Gasteiger partial charge is 0.354 e. The second-order valence-corrected chi connectivity index (χ2v) is 9.65. The minimum Gasteiger partial charge on any atom is -0.354 e. The minimum atomic E-state index is -0.499. The molecule has 2 aliphatic rings. The number of fused-ring (bicyclic) bond motifs is 1. The van der Waals surface area contributed by atoms with Gasteiger partial charge in [0, 0.05) is 37.7 Å². The fraction of sp³-hybridized carbons (Fsp3) is 0.300. The van der Waals surface area contributed by atoms with Gasteiger partial charge in [-0.2, -0.15) is 0 Å². The molecule has 206 valence electrons. The number of nitrogens with one attached hydrogen (secondary N) is 2. The van der Waals surface area contributed by atoms with Gasteiger partial charge in [0.05, 0.1) is 30.4 Å². The smallest absolute Gasteiger partial charge is 0.269 e. The van der Waals surface area contributed by atoms with Crippen molar-refractivity contribution in [2.45, 2.75) is 31.6 Å². The molecular weight excluding hydrogens is 512 g/mol. The van der Waals surface area contributed by atoms with Crippen LogP contribution in [0.1, 0.15) is 65.7 Å². The highest BCUT2D eigenvalue weighted by Gasteiger charge is 2.41. The van der Waals surface area contributed by atoms with E-state index in [0.717, 1.165) is 5.56 Å². The van der Waals surface area contributed by atoms with Crippen LogP contribution in [0.15, 0.2) is 66.7 Å². The Balaban J connectivity index is 1.11. The molecule has 0 spiro atoms. The molecule has 0 aliphatic carbocycles. The average Bonchev–Trinajstić information content (AvgIpc) is 3.24. The monoisotopic (exact) mass is 542 g/mol. The zero-order valence-corrected chi connectivity index (χ0v) is 22.1. The van der Waals surface area contributed by atoms with Gasteiger partial charge in [-0.25, -0.2) is 4.98 Å². The molecule has 2 aliphatic heterocycles. The molecule has 10 heteroatoms. The highest BCUT2D eigenvalue weighted by atomic mass is 16.7. The van der Waals surface area contributed by atoms with Gasteiger partial charge in [-0.15, -0.1) is 0 Å². The third-order valence-corrected chi connectivity index (χ3v) is 6.87. The maximum Gasteiger partial charge on any atom is 0.269 e. The van der Waals surface area contributed by atoms with E-state index in [1.807, 2.05) is 30.3 Å². The summed E-state index contributed by atoms with van der Waals surface area (Å²) in [6, 6.07) is 19.1. The quantitative estimate of drug-likeness (QED) is 0.314. The topological polar surface area (TPSA) is 127 Å². The standard InChI is InChI=1S/C30H30N4O6/c1-31-28(36)25-16-20(15-21(33-25)14-19-8-3-2-4-9-19)27(35)32-13-7-12-26-39-17-22(18-40-26)34-29(37)23-10-5-6-11-24(23)30(34)38/h2-6,8-11,15-16,22,26H,7,12-14,17-18H2,1H3,(H,31,36)(H,32,35). The van der Waals surface area contributed by atoms with Crippen molar-refractivity contribution < 1.29 is 28.7 Å². The molecule has 2 N–H and O–H groups in total. The van der Waals surface area contributed by atoms with Crippen LogP contribution >= 0.6 is 0 Å². The Bertz CT molecular complexity index is 1380. The maximum absolute atomic E-state index is 12.9. The minimum absolute atomic E-state index is 0.178. The second-order valence-electron chi connectivity index (χ2n) is 9.65. The van der Waals surface area contributed by atoms with E-state index in [2.05, 4.69) is 15.6 Å². The predicted octanol–water partition coefficient (Wildman–Crippen LogP) is 2.58. The molecule has 3 aromatic rings. The summed E-state index contributed by atoms with van der Waals surface area (Å²) in [5, 5.41) is 5.44. The number of imide groups is 1. The van der Waals surface area contributed by atoms with E-state index < -0.39 is 12.3 Å². The molecule has 0 atom stereocenters. The van der Waals surface area contributed by atoms with E-state index in [1.165, 1.54) is 18.0 Å². The fourth-order valence-corrected chi connectivity index (χ4v) is 4.82. The van der Waals surface area contributed by atoms with Crippen LogP contribution in [0.25, 0.3) is 0 Å². The first-order valence-electron chi connectivity index (χ1n) is 13.2. The summed E-state index contributed by atoms with van der Waals surface area (Å²) in [5.74, 6) is -1.34. The summed E-state index contributed by atoms with van der Waals surface area (Å²) in [4.78, 5) is 56.2. The van der Waals surface area contributed by atoms with Gasteiger partial charge < -0.3 is 20.1 Å². The predicted molar refractivity (Wildman–Crippen MR) is 145 cm³/mol. The van der Waals surface area contributed by atoms with Crippen molar-refractivity contribution in [2.75, 3.05) is 26.8 Å². The number of nitrogens with zero attached hydrogens (tertiary/aromatic N) is 2. The Morgan fingerprint density at radius 2 is 1.57 bits per heavy atom. The van der Waals surface area contributed by atoms with E-state index in [-0.39, 0.29) is 42.5 Å². The molecule has 1 fully saturated rings. The lowest BCUT2D eigenvalue weighted by molar-refractivity contribution is -0.199. The van der Waals surface area contributed by atoms with Crippen LogP contribution in [-0.2, 0) is 15.9 Å². The lowest BCUT2D eigenvalue weighted by atomic mass is 10.1. The molecule has 5 rings (SSSR count). The van der Waals surface area contributed by atoms with Crippen LogP contribution in [0.5, 0.6) is 0 Å². The van der Waals surface area contributed by atoms with Crippen molar-refractivity contribution in [1.82, 2.24) is 20.5 Å². The van der Waals surface area contributed by atoms with Crippen LogP contribution in [0.2, 0.25) is 0 Å². The molecular formula is C30H30N4O6. The molecule has 0 unspecified atom stereocenters. The molecule has 10 nitrogen and oxygen atoms in total. The SMILES string of the molecule is CNC(=O)c1cc(C(=O)NCCCC2OCC(N3C(=O)c4ccccc4C3=O)CO2)cc(Cc2ccccc2)n1. The number of rotatable bonds is 9. The summed E-state index contributed by atoms with van der Waals surface area (Å²) in [5.41, 5.74) is 2.97. The van der Waals surface area contributed by atoms with Crippen molar-refractivity contribution in [3.8, 4) is 0 Å². The van der Waals surface area contributed by atoms with E-state index in [0.29, 0.717) is 48.2 Å². The molecule has 1 saturated heterocycles. The van der Waals surface area contributed by atoms with E-state index in [4.69, 9.17) is 9.47 Å². The number of carbonyl (C=O) groups excluding carboxylic acids is 4. The molecule has 1 aromatic heterocycles. The van der Waals surface area contributed by atoms with Crippen molar-refractivity contribution in [3.63, 3.8) is 0 Å². The summed E-state index contributed by atoms with van der Waals surface area (Å²) in [7, 11) is 1.52. The van der Waals surface area contributed by atoms with Crippen molar-refractivity contribution in [3.05, 3.63) is 100 Å². The van der Waals surface area contributed by atoms with Crippen molar-refractivity contribution in [1.29, 1.82) is 0 Å². The Morgan fingerprint density at radius 1 is 0.925 bits per heavy atom. The summed E-state index contributed by atoms with van der Waals surface area (Å²) in [6.07, 6.45) is 1.10. The lowest BCUT2D eigenvalue weighted by Crippen LogP contribution is -2.49. The van der Waals surface area contributed by atoms with Gasteiger partial charge in [0.15, 0.2) is 6.29 Å². The zero-order chi connectivity index (χ0) is 28.1. The van der Waals surface area contributed by atoms with Gasteiger partial charge in [0.2, 0.25) is 0 Å². The highest BCUT2D eigenvalue weighted by molar-refractivity contribution is 6.21. The van der Waals surface area contributed by atoms with E-state index >= 15 is 0 Å². The van der Waals surface area contributed by atoms with Crippen LogP contribution in [-0.4, -0.2) is 72.7 Å². The third-order valence-electron chi connectivity index (χ3n) is 6.87. The maximum atomic E-state index is 12.9. The number of pyridine rings is 1. The molecule has 0 saturated carbocycles. The number of amides is 4. The normalized spacial score (nSPS) is 18.4. The van der Waals surface area contributed by atoms with E-state index in [1.54, 1.807) is 30.3 Å². The first-order valence-corrected chi connectivity index (χ1v) is 13.2. The number of aromatic nitrogens is 1. The van der Waals surface area contributed by atoms with Gasteiger partial charge in [-0.05, 0) is 36.2 Å². The molecule has 3 heterocycles. The summed E-state index contributed by atoms with van der Waals surface area (Å²) in [6.45, 7) is 0.744. The molecule has 40 heavy (non-hydrogen) atoms. The van der Waals surface area contributed by atoms with Gasteiger partial charge in [0.25, 0.3) is 23.6 Å². The lowest BCUT2D eigenvalue weighted by Gasteiger charge is -2.33. The van der Waals surface area contributed by atoms with Crippen molar-refractivity contribution in [2.24, 2.45) is 0 Å². The second kappa shape index (κ2) is 12.2. The Morgan fingerprint density at radius 3 is 2.23 bits per heavy atom. The number of ether oxygens (including phenoxy) is 2. The summed E-state index contributed by atoms with van der Waals surface area (Å²) >= 11 is 0. The highest BCUT2D eigenvalue weighted by Crippen LogP contribution is 2.26. The number of benzene rings is 2. The molecule has 2 aromatic carbocycles. The summed E-state index contributed by atoms with van der Waals surface area (Å²) < 4.78 is 11.6. The van der Waals surface area contributed by atoms with Crippen LogP contribution < -0.4 is 10.6 Å². The van der Waals surface area contributed by atoms with Gasteiger partial charge in [0.1, 0.15) is 5.69 Å². The van der Waals surface area contributed by atoms with Crippen LogP contribution in [0.4, 0.5) is 0 Å². The van der Waals surface area contributed by atoms with Gasteiger partial charge in [-0.3, -0.25) is 24.1 Å². The first-order chi connectivity index (χ1) is 19.4. The fourth-order valence-electron chi connectivity index (χ4n) is 4.82. The molecule has 0 radical (unpaired) electrons. The van der Waals surface area contributed by atoms with Crippen LogP contribution in [0.3, 0.4) is 0 Å². The van der Waals surface area contributed by atoms with Gasteiger partial charge >= 0.3 is 0 Å². The number of carbonyl (C=O) groups is 4. The zero-order valence-electron chi connectivity index (χ0n) is 22.1. The Kier molecular flexibility index (Phi) is 8.28. The molecule has 4 amide bonds. The number of hydrogen-bond acceptors (Lipinski definition) is 7. The van der Waals surface area contributed by atoms with Gasteiger partial charge in [-0.1, -0.05) is 42.5 Å². The first kappa shape index (κ1) is 27.2. The van der Waals surface area contributed by atoms with Crippen LogP contribution in [0, 0.1) is 0 Å². The average molecular weight is 543 g/mol. The Labute approximate surface area is 231 Å². The van der Waals surface area contributed by atoms with Crippen molar-refractivity contribution >= 4 is 23.6 Å². The number of hydrogen-bond donors (Lipinski definition) is 2.